The summed E-state index contributed by atoms with van der Waals surface area (Å²) in [6.07, 6.45) is 1.28. The summed E-state index contributed by atoms with van der Waals surface area (Å²) in [5.74, 6) is 1.64. The lowest BCUT2D eigenvalue weighted by atomic mass is 10.1. The van der Waals surface area contributed by atoms with Gasteiger partial charge in [0.05, 0.1) is 28.4 Å². The molecule has 1 aromatic rings. The normalized spacial score (nSPS) is 13.0. The summed E-state index contributed by atoms with van der Waals surface area (Å²) >= 11 is 6.83. The number of ether oxygens (including phenoxy) is 2. The van der Waals surface area contributed by atoms with Gasteiger partial charge in [-0.25, -0.2) is 8.42 Å². The minimum absolute atomic E-state index is 0.00645. The summed E-state index contributed by atoms with van der Waals surface area (Å²) in [6.45, 7) is 2.48. The van der Waals surface area contributed by atoms with Gasteiger partial charge < -0.3 is 9.47 Å². The van der Waals surface area contributed by atoms with E-state index in [2.05, 4.69) is 31.9 Å². The fourth-order valence-electron chi connectivity index (χ4n) is 1.63. The van der Waals surface area contributed by atoms with Crippen LogP contribution in [0.4, 0.5) is 0 Å². The van der Waals surface area contributed by atoms with Crippen LogP contribution in [-0.2, 0) is 9.05 Å². The fourth-order valence-corrected chi connectivity index (χ4v) is 3.51. The highest BCUT2D eigenvalue weighted by Crippen LogP contribution is 2.36. The van der Waals surface area contributed by atoms with Gasteiger partial charge in [-0.15, -0.1) is 0 Å². The van der Waals surface area contributed by atoms with Gasteiger partial charge >= 0.3 is 0 Å². The molecule has 1 aromatic carbocycles. The average molecular weight is 465 g/mol. The van der Waals surface area contributed by atoms with Gasteiger partial charge in [0.15, 0.2) is 0 Å². The van der Waals surface area contributed by atoms with Crippen LogP contribution in [0.2, 0.25) is 0 Å². The molecule has 1 atom stereocenters. The van der Waals surface area contributed by atoms with Crippen molar-refractivity contribution in [3.05, 3.63) is 21.1 Å². The van der Waals surface area contributed by atoms with Crippen LogP contribution in [0.25, 0.3) is 0 Å². The van der Waals surface area contributed by atoms with Gasteiger partial charge in [0, 0.05) is 10.7 Å². The van der Waals surface area contributed by atoms with Gasteiger partial charge in [0.25, 0.3) is 0 Å². The zero-order valence-electron chi connectivity index (χ0n) is 11.7. The van der Waals surface area contributed by atoms with E-state index >= 15 is 0 Å². The lowest BCUT2D eigenvalue weighted by molar-refractivity contribution is 0.279. The van der Waals surface area contributed by atoms with E-state index in [4.69, 9.17) is 20.2 Å². The maximum absolute atomic E-state index is 10.9. The Balaban J connectivity index is 2.47. The second-order valence-corrected chi connectivity index (χ2v) is 9.30. The summed E-state index contributed by atoms with van der Waals surface area (Å²) in [7, 11) is 3.38. The summed E-state index contributed by atoms with van der Waals surface area (Å²) in [5, 5.41) is 0. The quantitative estimate of drug-likeness (QED) is 0.529. The van der Waals surface area contributed by atoms with Crippen molar-refractivity contribution in [3.8, 4) is 11.5 Å². The van der Waals surface area contributed by atoms with Crippen molar-refractivity contribution in [1.29, 1.82) is 0 Å². The van der Waals surface area contributed by atoms with Gasteiger partial charge in [0.1, 0.15) is 11.5 Å². The number of hydrogen-bond donors (Lipinski definition) is 0. The summed E-state index contributed by atoms with van der Waals surface area (Å²) < 4.78 is 34.3. The summed E-state index contributed by atoms with van der Waals surface area (Å²) in [6, 6.07) is 3.65. The lowest BCUT2D eigenvalue weighted by Gasteiger charge is -2.13. The molecular weight excluding hydrogens is 447 g/mol. The van der Waals surface area contributed by atoms with Gasteiger partial charge in [0.2, 0.25) is 9.05 Å². The fraction of sp³-hybridized carbons (Fsp3) is 0.538. The molecule has 0 saturated heterocycles. The molecule has 0 bridgehead atoms. The second kappa shape index (κ2) is 8.60. The van der Waals surface area contributed by atoms with Crippen LogP contribution in [-0.4, -0.2) is 27.9 Å². The van der Waals surface area contributed by atoms with Gasteiger partial charge in [-0.2, -0.15) is 0 Å². The molecule has 0 aliphatic heterocycles. The minimum Gasteiger partial charge on any atom is -0.496 e. The van der Waals surface area contributed by atoms with E-state index in [-0.39, 0.29) is 11.7 Å². The molecule has 0 heterocycles. The summed E-state index contributed by atoms with van der Waals surface area (Å²) in [4.78, 5) is 0. The Labute approximate surface area is 146 Å². The molecule has 0 amide bonds. The summed E-state index contributed by atoms with van der Waals surface area (Å²) in [5.41, 5.74) is 0. The number of hydrogen-bond acceptors (Lipinski definition) is 4. The van der Waals surface area contributed by atoms with Crippen LogP contribution >= 0.6 is 42.5 Å². The molecule has 4 nitrogen and oxygen atoms in total. The third kappa shape index (κ3) is 7.21. The first-order chi connectivity index (χ1) is 9.73. The maximum atomic E-state index is 10.9. The van der Waals surface area contributed by atoms with Crippen molar-refractivity contribution in [2.75, 3.05) is 19.5 Å². The number of halogens is 3. The van der Waals surface area contributed by atoms with Crippen LogP contribution in [0.3, 0.4) is 0 Å². The highest BCUT2D eigenvalue weighted by atomic mass is 79.9. The third-order valence-corrected chi connectivity index (χ3v) is 5.35. The van der Waals surface area contributed by atoms with Crippen LogP contribution in [0.5, 0.6) is 11.5 Å². The van der Waals surface area contributed by atoms with Gasteiger partial charge in [-0.05, 0) is 62.8 Å². The number of methoxy groups -OCH3 is 1. The molecule has 0 aromatic heterocycles. The standard InChI is InChI=1S/C13H17Br2ClO4S/c1-9(4-6-21(16,17)18)3-5-20-13-8-10(14)12(19-2)7-11(13)15/h7-9H,3-6H2,1-2H3. The Kier molecular flexibility index (Phi) is 7.81. The van der Waals surface area contributed by atoms with Crippen LogP contribution < -0.4 is 9.47 Å². The van der Waals surface area contributed by atoms with E-state index in [1.165, 1.54) is 0 Å². The molecule has 0 spiro atoms. The van der Waals surface area contributed by atoms with Crippen LogP contribution in [0.15, 0.2) is 21.1 Å². The van der Waals surface area contributed by atoms with Crippen molar-refractivity contribution in [2.24, 2.45) is 5.92 Å². The third-order valence-electron chi connectivity index (χ3n) is 2.93. The molecule has 0 aliphatic rings. The Morgan fingerprint density at radius 1 is 1.19 bits per heavy atom. The predicted octanol–water partition coefficient (Wildman–Crippen LogP) is 4.58. The van der Waals surface area contributed by atoms with Crippen molar-refractivity contribution >= 4 is 51.6 Å². The second-order valence-electron chi connectivity index (χ2n) is 4.69. The molecule has 0 fully saturated rings. The molecule has 0 radical (unpaired) electrons. The average Bonchev–Trinajstić information content (AvgIpc) is 2.39. The molecule has 120 valence electrons. The van der Waals surface area contributed by atoms with Crippen molar-refractivity contribution < 1.29 is 17.9 Å². The predicted molar refractivity (Wildman–Crippen MR) is 91.9 cm³/mol. The maximum Gasteiger partial charge on any atom is 0.232 e. The molecule has 0 N–H and O–H groups in total. The number of rotatable bonds is 8. The highest BCUT2D eigenvalue weighted by Gasteiger charge is 2.11. The van der Waals surface area contributed by atoms with E-state index in [0.717, 1.165) is 21.1 Å². The smallest absolute Gasteiger partial charge is 0.232 e. The first kappa shape index (κ1) is 19.1. The Bertz CT molecular complexity index is 578. The molecule has 1 unspecified atom stereocenters. The SMILES string of the molecule is COc1cc(Br)c(OCCC(C)CCS(=O)(=O)Cl)cc1Br. The van der Waals surface area contributed by atoms with E-state index in [1.54, 1.807) is 7.11 Å². The molecule has 21 heavy (non-hydrogen) atoms. The van der Waals surface area contributed by atoms with E-state index in [0.29, 0.717) is 18.8 Å². The van der Waals surface area contributed by atoms with Crippen LogP contribution in [0, 0.1) is 5.92 Å². The van der Waals surface area contributed by atoms with E-state index in [9.17, 15) is 8.42 Å². The monoisotopic (exact) mass is 462 g/mol. The molecule has 0 aliphatic carbocycles. The van der Waals surface area contributed by atoms with Crippen molar-refractivity contribution in [3.63, 3.8) is 0 Å². The molecule has 1 rings (SSSR count). The largest absolute Gasteiger partial charge is 0.496 e. The van der Waals surface area contributed by atoms with Crippen LogP contribution in [0.1, 0.15) is 19.8 Å². The van der Waals surface area contributed by atoms with Crippen molar-refractivity contribution in [2.45, 2.75) is 19.8 Å². The first-order valence-corrected chi connectivity index (χ1v) is 10.4. The molecule has 8 heteroatoms. The van der Waals surface area contributed by atoms with Crippen molar-refractivity contribution in [1.82, 2.24) is 0 Å². The van der Waals surface area contributed by atoms with E-state index < -0.39 is 9.05 Å². The highest BCUT2D eigenvalue weighted by molar-refractivity contribution is 9.11. The zero-order valence-corrected chi connectivity index (χ0v) is 16.5. The lowest BCUT2D eigenvalue weighted by Crippen LogP contribution is -2.08. The number of benzene rings is 1. The zero-order chi connectivity index (χ0) is 16.0. The Hall–Kier alpha value is 0.0200. The van der Waals surface area contributed by atoms with E-state index in [1.807, 2.05) is 19.1 Å². The Morgan fingerprint density at radius 2 is 1.76 bits per heavy atom. The Morgan fingerprint density at radius 3 is 2.33 bits per heavy atom. The minimum atomic E-state index is -3.41. The van der Waals surface area contributed by atoms with Gasteiger partial charge in [-0.1, -0.05) is 6.92 Å². The molecular formula is C13H17Br2ClO4S. The topological polar surface area (TPSA) is 52.6 Å². The molecule has 0 saturated carbocycles. The first-order valence-electron chi connectivity index (χ1n) is 6.31. The van der Waals surface area contributed by atoms with Gasteiger partial charge in [-0.3, -0.25) is 0 Å².